The summed E-state index contributed by atoms with van der Waals surface area (Å²) in [6.07, 6.45) is 0.981. The number of aliphatic carboxylic acids is 1. The van der Waals surface area contributed by atoms with Gasteiger partial charge in [-0.1, -0.05) is 6.92 Å². The maximum Gasteiger partial charge on any atom is 0.355 e. The van der Waals surface area contributed by atoms with E-state index in [1.165, 1.54) is 0 Å². The van der Waals surface area contributed by atoms with Gasteiger partial charge in [0.05, 0.1) is 12.2 Å². The summed E-state index contributed by atoms with van der Waals surface area (Å²) in [6.45, 7) is 9.86. The number of carbonyl (C=O) groups excluding carboxylic acids is 2. The van der Waals surface area contributed by atoms with Crippen molar-refractivity contribution in [2.24, 2.45) is 0 Å². The Morgan fingerprint density at radius 3 is 2.33 bits per heavy atom. The lowest BCUT2D eigenvalue weighted by molar-refractivity contribution is -0.137. The summed E-state index contributed by atoms with van der Waals surface area (Å²) in [7, 11) is 0. The van der Waals surface area contributed by atoms with Gasteiger partial charge in [-0.3, -0.25) is 4.79 Å². The largest absolute Gasteiger partial charge is 0.481 e. The van der Waals surface area contributed by atoms with E-state index < -0.39 is 23.5 Å². The Morgan fingerprint density at radius 1 is 1.15 bits per heavy atom. The van der Waals surface area contributed by atoms with Crippen LogP contribution in [0, 0.1) is 0 Å². The number of esters is 2. The number of aromatic nitrogens is 1. The van der Waals surface area contributed by atoms with Crippen molar-refractivity contribution < 1.29 is 29.0 Å². The Morgan fingerprint density at radius 2 is 1.81 bits per heavy atom. The van der Waals surface area contributed by atoms with Crippen LogP contribution in [-0.4, -0.2) is 46.8 Å². The minimum atomic E-state index is -0.857. The number of carboxylic acids is 1. The van der Waals surface area contributed by atoms with E-state index in [4.69, 9.17) is 14.6 Å². The molecular weight excluding hydrogens is 352 g/mol. The lowest BCUT2D eigenvalue weighted by Crippen LogP contribution is -2.24. The third-order valence-corrected chi connectivity index (χ3v) is 3.66. The molecule has 0 aliphatic heterocycles. The molecule has 8 nitrogen and oxygen atoms in total. The molecule has 3 N–H and O–H groups in total. The summed E-state index contributed by atoms with van der Waals surface area (Å²) in [5, 5.41) is 11.8. The van der Waals surface area contributed by atoms with Crippen molar-refractivity contribution in [3.05, 3.63) is 22.5 Å². The maximum atomic E-state index is 12.5. The molecule has 0 aromatic carbocycles. The maximum absolute atomic E-state index is 12.5. The predicted molar refractivity (Wildman–Crippen MR) is 99.9 cm³/mol. The first-order valence-corrected chi connectivity index (χ1v) is 9.17. The average Bonchev–Trinajstić information content (AvgIpc) is 2.91. The van der Waals surface area contributed by atoms with Crippen molar-refractivity contribution in [3.8, 4) is 0 Å². The van der Waals surface area contributed by atoms with Crippen molar-refractivity contribution in [3.63, 3.8) is 0 Å². The van der Waals surface area contributed by atoms with Crippen LogP contribution in [0.3, 0.4) is 0 Å². The Bertz CT molecular complexity index is 672. The third-order valence-electron chi connectivity index (χ3n) is 3.66. The lowest BCUT2D eigenvalue weighted by Gasteiger charge is -2.19. The number of aromatic amines is 1. The summed E-state index contributed by atoms with van der Waals surface area (Å²) in [6, 6.07) is 0. The van der Waals surface area contributed by atoms with Crippen molar-refractivity contribution in [1.82, 2.24) is 10.3 Å². The monoisotopic (exact) mass is 382 g/mol. The van der Waals surface area contributed by atoms with Gasteiger partial charge in [0.15, 0.2) is 0 Å². The van der Waals surface area contributed by atoms with Crippen molar-refractivity contribution >= 4 is 17.9 Å². The molecule has 0 spiro atoms. The summed E-state index contributed by atoms with van der Waals surface area (Å²) < 4.78 is 10.6. The smallest absolute Gasteiger partial charge is 0.355 e. The second-order valence-corrected chi connectivity index (χ2v) is 7.08. The topological polar surface area (TPSA) is 118 Å². The number of hydrogen-bond donors (Lipinski definition) is 3. The van der Waals surface area contributed by atoms with E-state index in [0.717, 1.165) is 0 Å². The fraction of sp³-hybridized carbons (Fsp3) is 0.632. The highest BCUT2D eigenvalue weighted by Crippen LogP contribution is 2.24. The van der Waals surface area contributed by atoms with Crippen LogP contribution in [0.2, 0.25) is 0 Å². The number of nitrogens with one attached hydrogen (secondary N) is 2. The molecule has 0 aliphatic carbocycles. The van der Waals surface area contributed by atoms with Gasteiger partial charge in [-0.05, 0) is 52.6 Å². The minimum absolute atomic E-state index is 0.0613. The SMILES string of the molecule is CCOC(=O)c1c(CNCCCC(=O)O)[nH]c(C(=O)OC(C)(C)C)c1CC. The normalized spacial score (nSPS) is 11.3. The lowest BCUT2D eigenvalue weighted by atomic mass is 10.1. The molecule has 0 saturated heterocycles. The molecule has 0 aliphatic rings. The molecule has 0 unspecified atom stereocenters. The van der Waals surface area contributed by atoms with Crippen LogP contribution >= 0.6 is 0 Å². The molecule has 0 radical (unpaired) electrons. The van der Waals surface area contributed by atoms with Crippen LogP contribution in [0.15, 0.2) is 0 Å². The predicted octanol–water partition coefficient (Wildman–Crippen LogP) is 2.66. The summed E-state index contributed by atoms with van der Waals surface area (Å²) >= 11 is 0. The van der Waals surface area contributed by atoms with E-state index >= 15 is 0 Å². The summed E-state index contributed by atoms with van der Waals surface area (Å²) in [5.41, 5.74) is 1.02. The summed E-state index contributed by atoms with van der Waals surface area (Å²) in [4.78, 5) is 38.6. The van der Waals surface area contributed by atoms with Crippen LogP contribution in [0.5, 0.6) is 0 Å². The highest BCUT2D eigenvalue weighted by atomic mass is 16.6. The molecule has 0 bridgehead atoms. The molecule has 0 atom stereocenters. The average molecular weight is 382 g/mol. The Hall–Kier alpha value is -2.35. The van der Waals surface area contributed by atoms with E-state index in [1.807, 2.05) is 6.92 Å². The van der Waals surface area contributed by atoms with Gasteiger partial charge in [0, 0.05) is 18.7 Å². The molecule has 1 aromatic rings. The Balaban J connectivity index is 3.09. The first kappa shape index (κ1) is 22.7. The van der Waals surface area contributed by atoms with E-state index in [9.17, 15) is 14.4 Å². The zero-order valence-electron chi connectivity index (χ0n) is 16.7. The van der Waals surface area contributed by atoms with E-state index in [-0.39, 0.29) is 25.3 Å². The van der Waals surface area contributed by atoms with Gasteiger partial charge in [0.25, 0.3) is 0 Å². The molecule has 1 aromatic heterocycles. The van der Waals surface area contributed by atoms with Gasteiger partial charge in [-0.15, -0.1) is 0 Å². The van der Waals surface area contributed by atoms with Gasteiger partial charge in [0.2, 0.25) is 0 Å². The van der Waals surface area contributed by atoms with Crippen LogP contribution in [-0.2, 0) is 27.2 Å². The highest BCUT2D eigenvalue weighted by Gasteiger charge is 2.28. The van der Waals surface area contributed by atoms with Crippen molar-refractivity contribution in [2.75, 3.05) is 13.2 Å². The van der Waals surface area contributed by atoms with E-state index in [2.05, 4.69) is 10.3 Å². The molecule has 1 rings (SSSR count). The molecule has 27 heavy (non-hydrogen) atoms. The number of rotatable bonds is 10. The quantitative estimate of drug-likeness (QED) is 0.420. The Kier molecular flexibility index (Phi) is 8.49. The summed E-state index contributed by atoms with van der Waals surface area (Å²) in [5.74, 6) is -1.88. The van der Waals surface area contributed by atoms with Gasteiger partial charge in [0.1, 0.15) is 11.3 Å². The first-order valence-electron chi connectivity index (χ1n) is 9.17. The van der Waals surface area contributed by atoms with Crippen molar-refractivity contribution in [2.45, 2.75) is 66.0 Å². The van der Waals surface area contributed by atoms with E-state index in [0.29, 0.717) is 36.2 Å². The van der Waals surface area contributed by atoms with Crippen LogP contribution in [0.25, 0.3) is 0 Å². The van der Waals surface area contributed by atoms with Gasteiger partial charge >= 0.3 is 17.9 Å². The zero-order chi connectivity index (χ0) is 20.6. The standard InChI is InChI=1S/C19H30N2O6/c1-6-12-15(17(24)26-7-2)13(11-20-10-8-9-14(22)23)21-16(12)18(25)27-19(3,4)5/h20-21H,6-11H2,1-5H3,(H,22,23). The minimum Gasteiger partial charge on any atom is -0.481 e. The number of H-pyrrole nitrogens is 1. The molecule has 1 heterocycles. The number of hydrogen-bond acceptors (Lipinski definition) is 6. The second kappa shape index (κ2) is 10.1. The van der Waals surface area contributed by atoms with Crippen molar-refractivity contribution in [1.29, 1.82) is 0 Å². The fourth-order valence-corrected chi connectivity index (χ4v) is 2.61. The number of carbonyl (C=O) groups is 3. The number of carboxylic acid groups (broad SMARTS) is 1. The van der Waals surface area contributed by atoms with Crippen LogP contribution in [0.4, 0.5) is 0 Å². The third kappa shape index (κ3) is 7.05. The molecule has 152 valence electrons. The van der Waals surface area contributed by atoms with Crippen LogP contribution < -0.4 is 5.32 Å². The zero-order valence-corrected chi connectivity index (χ0v) is 16.7. The highest BCUT2D eigenvalue weighted by molar-refractivity contribution is 5.98. The molecule has 0 amide bonds. The van der Waals surface area contributed by atoms with E-state index in [1.54, 1.807) is 27.7 Å². The molecule has 8 heteroatoms. The van der Waals surface area contributed by atoms with Gasteiger partial charge in [-0.25, -0.2) is 9.59 Å². The van der Waals surface area contributed by atoms with Gasteiger partial charge < -0.3 is 24.9 Å². The van der Waals surface area contributed by atoms with Crippen LogP contribution in [0.1, 0.15) is 79.6 Å². The molecular formula is C19H30N2O6. The fourth-order valence-electron chi connectivity index (χ4n) is 2.61. The first-order chi connectivity index (χ1) is 12.6. The Labute approximate surface area is 159 Å². The molecule has 0 saturated carbocycles. The molecule has 0 fully saturated rings. The number of ether oxygens (including phenoxy) is 2. The second-order valence-electron chi connectivity index (χ2n) is 7.08. The van der Waals surface area contributed by atoms with Gasteiger partial charge in [-0.2, -0.15) is 0 Å².